The molecule has 0 saturated carbocycles. The lowest BCUT2D eigenvalue weighted by molar-refractivity contribution is -0.147. The third-order valence-corrected chi connectivity index (χ3v) is 5.12. The molecule has 2 fully saturated rings. The Bertz CT molecular complexity index is 607. The van der Waals surface area contributed by atoms with Crippen molar-refractivity contribution in [2.75, 3.05) is 5.32 Å². The second-order valence-electron chi connectivity index (χ2n) is 6.96. The SMILES string of the molecule is CC(C)(C)c1csc(NC(=O)C2C3CCC(O3)C2C(=O)O)n1. The van der Waals surface area contributed by atoms with Gasteiger partial charge in [-0.05, 0) is 12.8 Å². The summed E-state index contributed by atoms with van der Waals surface area (Å²) in [4.78, 5) is 28.3. The summed E-state index contributed by atoms with van der Waals surface area (Å²) < 4.78 is 5.62. The van der Waals surface area contributed by atoms with E-state index in [4.69, 9.17) is 4.74 Å². The third kappa shape index (κ3) is 2.63. The number of hydrogen-bond acceptors (Lipinski definition) is 5. The molecule has 7 heteroatoms. The highest BCUT2D eigenvalue weighted by atomic mass is 32.1. The number of carboxylic acids is 1. The smallest absolute Gasteiger partial charge is 0.310 e. The maximum Gasteiger partial charge on any atom is 0.310 e. The van der Waals surface area contributed by atoms with E-state index in [1.165, 1.54) is 11.3 Å². The standard InChI is InChI=1S/C15H20N2O4S/c1-15(2,3)9-6-22-14(16-9)17-12(18)10-7-4-5-8(21-7)11(10)13(19)20/h6-8,10-11H,4-5H2,1-3H3,(H,19,20)(H,16,17,18). The molecule has 4 atom stereocenters. The van der Waals surface area contributed by atoms with Crippen LogP contribution in [0, 0.1) is 11.8 Å². The van der Waals surface area contributed by atoms with Crippen molar-refractivity contribution in [1.29, 1.82) is 0 Å². The Morgan fingerprint density at radius 1 is 1.32 bits per heavy atom. The van der Waals surface area contributed by atoms with Crippen LogP contribution in [0.15, 0.2) is 5.38 Å². The molecule has 1 aromatic rings. The lowest BCUT2D eigenvalue weighted by atomic mass is 9.79. The number of carbonyl (C=O) groups is 2. The summed E-state index contributed by atoms with van der Waals surface area (Å²) in [5, 5.41) is 14.6. The van der Waals surface area contributed by atoms with E-state index in [0.29, 0.717) is 5.13 Å². The van der Waals surface area contributed by atoms with E-state index in [9.17, 15) is 14.7 Å². The maximum absolute atomic E-state index is 12.5. The fourth-order valence-corrected chi connectivity index (χ4v) is 4.13. The number of nitrogens with one attached hydrogen (secondary N) is 1. The number of ether oxygens (including phenoxy) is 1. The molecule has 6 nitrogen and oxygen atoms in total. The van der Waals surface area contributed by atoms with Gasteiger partial charge in [0.05, 0.1) is 29.7 Å². The number of nitrogens with zero attached hydrogens (tertiary/aromatic N) is 1. The van der Waals surface area contributed by atoms with Gasteiger partial charge in [0, 0.05) is 10.8 Å². The van der Waals surface area contributed by atoms with Gasteiger partial charge in [-0.15, -0.1) is 11.3 Å². The Labute approximate surface area is 132 Å². The number of aromatic nitrogens is 1. The predicted octanol–water partition coefficient (Wildman–Crippen LogP) is 2.26. The van der Waals surface area contributed by atoms with Crippen LogP contribution in [0.25, 0.3) is 0 Å². The summed E-state index contributed by atoms with van der Waals surface area (Å²) in [7, 11) is 0. The normalized spacial score (nSPS) is 30.5. The summed E-state index contributed by atoms with van der Waals surface area (Å²) in [5.41, 5.74) is 0.824. The number of aliphatic carboxylic acids is 1. The van der Waals surface area contributed by atoms with Gasteiger partial charge >= 0.3 is 5.97 Å². The van der Waals surface area contributed by atoms with Crippen molar-refractivity contribution in [3.63, 3.8) is 0 Å². The van der Waals surface area contributed by atoms with Crippen molar-refractivity contribution in [3.8, 4) is 0 Å². The van der Waals surface area contributed by atoms with E-state index in [-0.39, 0.29) is 23.5 Å². The van der Waals surface area contributed by atoms with E-state index in [2.05, 4.69) is 31.1 Å². The summed E-state index contributed by atoms with van der Waals surface area (Å²) in [6.45, 7) is 6.16. The Kier molecular flexibility index (Phi) is 3.72. The quantitative estimate of drug-likeness (QED) is 0.890. The van der Waals surface area contributed by atoms with Crippen molar-refractivity contribution >= 4 is 28.3 Å². The minimum Gasteiger partial charge on any atom is -0.481 e. The Balaban J connectivity index is 1.74. The monoisotopic (exact) mass is 324 g/mol. The van der Waals surface area contributed by atoms with Crippen LogP contribution in [0.4, 0.5) is 5.13 Å². The minimum atomic E-state index is -0.957. The van der Waals surface area contributed by atoms with Gasteiger partial charge in [0.25, 0.3) is 0 Å². The molecule has 0 aromatic carbocycles. The van der Waals surface area contributed by atoms with Crippen molar-refractivity contribution in [1.82, 2.24) is 4.98 Å². The van der Waals surface area contributed by atoms with Crippen molar-refractivity contribution in [3.05, 3.63) is 11.1 Å². The third-order valence-electron chi connectivity index (χ3n) is 4.36. The fraction of sp³-hybridized carbons (Fsp3) is 0.667. The van der Waals surface area contributed by atoms with Crippen LogP contribution in [0.2, 0.25) is 0 Å². The van der Waals surface area contributed by atoms with E-state index >= 15 is 0 Å². The highest BCUT2D eigenvalue weighted by Gasteiger charge is 2.55. The molecular weight excluding hydrogens is 304 g/mol. The topological polar surface area (TPSA) is 88.5 Å². The van der Waals surface area contributed by atoms with Crippen LogP contribution >= 0.6 is 11.3 Å². The first kappa shape index (κ1) is 15.4. The molecule has 2 bridgehead atoms. The van der Waals surface area contributed by atoms with E-state index in [0.717, 1.165) is 18.5 Å². The largest absolute Gasteiger partial charge is 0.481 e. The first-order chi connectivity index (χ1) is 10.3. The first-order valence-electron chi connectivity index (χ1n) is 7.42. The van der Waals surface area contributed by atoms with Gasteiger partial charge < -0.3 is 15.2 Å². The molecule has 2 aliphatic heterocycles. The second-order valence-corrected chi connectivity index (χ2v) is 7.82. The number of thiazole rings is 1. The molecule has 2 N–H and O–H groups in total. The molecule has 1 aromatic heterocycles. The zero-order chi connectivity index (χ0) is 16.1. The Morgan fingerprint density at radius 3 is 2.50 bits per heavy atom. The number of fused-ring (bicyclic) bond motifs is 2. The van der Waals surface area contributed by atoms with Gasteiger partial charge in [0.1, 0.15) is 0 Å². The predicted molar refractivity (Wildman–Crippen MR) is 82.0 cm³/mol. The molecule has 0 spiro atoms. The molecular formula is C15H20N2O4S. The van der Waals surface area contributed by atoms with Gasteiger partial charge in [-0.3, -0.25) is 9.59 Å². The second kappa shape index (κ2) is 5.31. The summed E-state index contributed by atoms with van der Waals surface area (Å²) in [6, 6.07) is 0. The molecule has 0 radical (unpaired) electrons. The van der Waals surface area contributed by atoms with Crippen molar-refractivity contribution < 1.29 is 19.4 Å². The number of rotatable bonds is 3. The molecule has 1 amide bonds. The van der Waals surface area contributed by atoms with E-state index in [1.54, 1.807) is 0 Å². The van der Waals surface area contributed by atoms with Crippen LogP contribution in [0.3, 0.4) is 0 Å². The van der Waals surface area contributed by atoms with Crippen LogP contribution in [-0.2, 0) is 19.7 Å². The zero-order valence-corrected chi connectivity index (χ0v) is 13.6. The highest BCUT2D eigenvalue weighted by Crippen LogP contribution is 2.44. The summed E-state index contributed by atoms with van der Waals surface area (Å²) in [6.07, 6.45) is 0.849. The average molecular weight is 324 g/mol. The van der Waals surface area contributed by atoms with Crippen LogP contribution in [0.1, 0.15) is 39.3 Å². The maximum atomic E-state index is 12.5. The van der Waals surface area contributed by atoms with Gasteiger partial charge in [-0.25, -0.2) is 4.98 Å². The van der Waals surface area contributed by atoms with Crippen LogP contribution in [0.5, 0.6) is 0 Å². The van der Waals surface area contributed by atoms with Gasteiger partial charge in [0.2, 0.25) is 5.91 Å². The molecule has 2 saturated heterocycles. The molecule has 0 aliphatic carbocycles. The Hall–Kier alpha value is -1.47. The lowest BCUT2D eigenvalue weighted by Crippen LogP contribution is -2.40. The highest BCUT2D eigenvalue weighted by molar-refractivity contribution is 7.13. The van der Waals surface area contributed by atoms with Crippen molar-refractivity contribution in [2.24, 2.45) is 11.8 Å². The number of amides is 1. The molecule has 2 aliphatic rings. The van der Waals surface area contributed by atoms with Crippen LogP contribution in [-0.4, -0.2) is 34.2 Å². The van der Waals surface area contributed by atoms with Gasteiger partial charge in [0.15, 0.2) is 5.13 Å². The number of carboxylic acid groups (broad SMARTS) is 1. The first-order valence-corrected chi connectivity index (χ1v) is 8.30. The van der Waals surface area contributed by atoms with E-state index in [1.807, 2.05) is 5.38 Å². The molecule has 4 unspecified atom stereocenters. The van der Waals surface area contributed by atoms with Gasteiger partial charge in [-0.2, -0.15) is 0 Å². The summed E-state index contributed by atoms with van der Waals surface area (Å²) in [5.74, 6) is -2.63. The lowest BCUT2D eigenvalue weighted by Gasteiger charge is -2.23. The number of hydrogen-bond donors (Lipinski definition) is 2. The van der Waals surface area contributed by atoms with Crippen LogP contribution < -0.4 is 5.32 Å². The molecule has 3 heterocycles. The molecule has 120 valence electrons. The molecule has 22 heavy (non-hydrogen) atoms. The number of carbonyl (C=O) groups excluding carboxylic acids is 1. The zero-order valence-electron chi connectivity index (χ0n) is 12.8. The van der Waals surface area contributed by atoms with Gasteiger partial charge in [-0.1, -0.05) is 20.8 Å². The Morgan fingerprint density at radius 2 is 1.95 bits per heavy atom. The van der Waals surface area contributed by atoms with E-state index < -0.39 is 17.8 Å². The minimum absolute atomic E-state index is 0.0847. The average Bonchev–Trinajstić information content (AvgIpc) is 3.11. The summed E-state index contributed by atoms with van der Waals surface area (Å²) >= 11 is 1.36. The fourth-order valence-electron chi connectivity index (χ4n) is 3.19. The van der Waals surface area contributed by atoms with Crippen molar-refractivity contribution in [2.45, 2.75) is 51.2 Å². The molecule has 3 rings (SSSR count). The number of anilines is 1.